The molecule has 0 atom stereocenters. The van der Waals surface area contributed by atoms with Crippen LogP contribution in [0, 0.1) is 5.82 Å². The van der Waals surface area contributed by atoms with Crippen molar-refractivity contribution in [1.82, 2.24) is 10.3 Å². The zero-order chi connectivity index (χ0) is 13.8. The number of halogens is 1. The van der Waals surface area contributed by atoms with Gasteiger partial charge in [0, 0.05) is 11.7 Å². The minimum absolute atomic E-state index is 0.0638. The first-order valence-electron chi connectivity index (χ1n) is 5.91. The molecule has 0 radical (unpaired) electrons. The van der Waals surface area contributed by atoms with Gasteiger partial charge in [-0.2, -0.15) is 0 Å². The number of nitrogens with two attached hydrogens (primary N) is 1. The van der Waals surface area contributed by atoms with Gasteiger partial charge in [0.25, 0.3) is 5.91 Å². The number of hydrogen-bond acceptors (Lipinski definition) is 4. The van der Waals surface area contributed by atoms with Crippen LogP contribution in [0.25, 0.3) is 0 Å². The van der Waals surface area contributed by atoms with Gasteiger partial charge in [-0.1, -0.05) is 13.8 Å². The number of carbonyl (C=O) groups excluding carboxylic acids is 1. The third-order valence-electron chi connectivity index (χ3n) is 3.25. The maximum Gasteiger partial charge on any atom is 0.254 e. The first-order valence-corrected chi connectivity index (χ1v) is 5.91. The molecule has 0 aromatic carbocycles. The second-order valence-corrected chi connectivity index (χ2v) is 4.39. The fourth-order valence-electron chi connectivity index (χ4n) is 1.49. The van der Waals surface area contributed by atoms with E-state index in [1.54, 1.807) is 0 Å². The van der Waals surface area contributed by atoms with E-state index in [0.717, 1.165) is 12.8 Å². The number of anilines is 1. The lowest BCUT2D eigenvalue weighted by Crippen LogP contribution is -2.45. The number of pyridine rings is 1. The van der Waals surface area contributed by atoms with E-state index < -0.39 is 11.7 Å². The lowest BCUT2D eigenvalue weighted by atomic mass is 9.95. The SMILES string of the molecule is CCC(C)(CC)NC(=O)c1ccnc(NN)c1F. The molecular formula is C12H19FN4O. The van der Waals surface area contributed by atoms with Crippen molar-refractivity contribution in [3.8, 4) is 0 Å². The summed E-state index contributed by atoms with van der Waals surface area (Å²) in [6, 6.07) is 1.33. The molecule has 0 saturated heterocycles. The second-order valence-electron chi connectivity index (χ2n) is 4.39. The Morgan fingerprint density at radius 3 is 2.61 bits per heavy atom. The third-order valence-corrected chi connectivity index (χ3v) is 3.25. The fourth-order valence-corrected chi connectivity index (χ4v) is 1.49. The predicted octanol–water partition coefficient (Wildman–Crippen LogP) is 1.81. The summed E-state index contributed by atoms with van der Waals surface area (Å²) in [5.74, 6) is 3.77. The molecule has 5 nitrogen and oxygen atoms in total. The van der Waals surface area contributed by atoms with Crippen molar-refractivity contribution in [3.05, 3.63) is 23.6 Å². The van der Waals surface area contributed by atoms with E-state index in [0.29, 0.717) is 0 Å². The smallest absolute Gasteiger partial charge is 0.254 e. The molecule has 1 rings (SSSR count). The molecule has 0 saturated carbocycles. The Hall–Kier alpha value is -1.69. The van der Waals surface area contributed by atoms with Crippen molar-refractivity contribution in [2.45, 2.75) is 39.2 Å². The highest BCUT2D eigenvalue weighted by Crippen LogP contribution is 2.18. The third kappa shape index (κ3) is 2.95. The zero-order valence-electron chi connectivity index (χ0n) is 10.9. The van der Waals surface area contributed by atoms with Gasteiger partial charge in [0.1, 0.15) is 0 Å². The van der Waals surface area contributed by atoms with Crippen LogP contribution in [0.1, 0.15) is 44.0 Å². The summed E-state index contributed by atoms with van der Waals surface area (Å²) < 4.78 is 13.8. The van der Waals surface area contributed by atoms with Crippen LogP contribution in [-0.4, -0.2) is 16.4 Å². The van der Waals surface area contributed by atoms with Crippen LogP contribution in [0.4, 0.5) is 10.2 Å². The van der Waals surface area contributed by atoms with E-state index in [2.05, 4.69) is 15.7 Å². The Balaban J connectivity index is 2.98. The average Bonchev–Trinajstić information content (AvgIpc) is 2.38. The number of hydrogen-bond donors (Lipinski definition) is 3. The Morgan fingerprint density at radius 1 is 1.50 bits per heavy atom. The second kappa shape index (κ2) is 5.77. The number of hydrazine groups is 1. The van der Waals surface area contributed by atoms with Crippen molar-refractivity contribution in [2.24, 2.45) is 5.84 Å². The van der Waals surface area contributed by atoms with Crippen molar-refractivity contribution >= 4 is 11.7 Å². The standard InChI is InChI=1S/C12H19FN4O/c1-4-12(3,5-2)16-11(18)8-6-7-15-10(17-14)9(8)13/h6-7H,4-5,14H2,1-3H3,(H,15,17)(H,16,18). The minimum Gasteiger partial charge on any atom is -0.347 e. The first kappa shape index (κ1) is 14.4. The van der Waals surface area contributed by atoms with Gasteiger partial charge in [0.2, 0.25) is 0 Å². The Bertz CT molecular complexity index is 432. The summed E-state index contributed by atoms with van der Waals surface area (Å²) in [5, 5.41) is 2.83. The minimum atomic E-state index is -0.743. The molecule has 0 fully saturated rings. The molecule has 0 aliphatic carbocycles. The van der Waals surface area contributed by atoms with Crippen molar-refractivity contribution < 1.29 is 9.18 Å². The van der Waals surface area contributed by atoms with Gasteiger partial charge in [-0.15, -0.1) is 0 Å². The van der Waals surface area contributed by atoms with Crippen LogP contribution in [0.2, 0.25) is 0 Å². The Labute approximate surface area is 106 Å². The zero-order valence-corrected chi connectivity index (χ0v) is 10.9. The summed E-state index contributed by atoms with van der Waals surface area (Å²) in [6.45, 7) is 5.87. The lowest BCUT2D eigenvalue weighted by Gasteiger charge is -2.28. The van der Waals surface area contributed by atoms with Gasteiger partial charge in [-0.05, 0) is 25.8 Å². The maximum absolute atomic E-state index is 13.8. The molecule has 0 aliphatic rings. The fraction of sp³-hybridized carbons (Fsp3) is 0.500. The van der Waals surface area contributed by atoms with Gasteiger partial charge >= 0.3 is 0 Å². The van der Waals surface area contributed by atoms with Gasteiger partial charge < -0.3 is 10.7 Å². The van der Waals surface area contributed by atoms with E-state index in [1.165, 1.54) is 12.3 Å². The number of amides is 1. The molecule has 100 valence electrons. The van der Waals surface area contributed by atoms with Crippen LogP contribution >= 0.6 is 0 Å². The molecule has 1 amide bonds. The molecule has 0 unspecified atom stereocenters. The summed E-state index contributed by atoms with van der Waals surface area (Å²) >= 11 is 0. The van der Waals surface area contributed by atoms with Gasteiger partial charge in [-0.3, -0.25) is 4.79 Å². The van der Waals surface area contributed by atoms with Crippen LogP contribution in [-0.2, 0) is 0 Å². The van der Waals surface area contributed by atoms with Crippen molar-refractivity contribution in [3.63, 3.8) is 0 Å². The number of nitrogen functional groups attached to an aromatic ring is 1. The van der Waals surface area contributed by atoms with Crippen molar-refractivity contribution in [1.29, 1.82) is 0 Å². The average molecular weight is 254 g/mol. The Morgan fingerprint density at radius 2 is 2.11 bits per heavy atom. The molecule has 1 aromatic rings. The highest BCUT2D eigenvalue weighted by atomic mass is 19.1. The van der Waals surface area contributed by atoms with Crippen molar-refractivity contribution in [2.75, 3.05) is 5.43 Å². The first-order chi connectivity index (χ1) is 8.47. The lowest BCUT2D eigenvalue weighted by molar-refractivity contribution is 0.0897. The quantitative estimate of drug-likeness (QED) is 0.553. The van der Waals surface area contributed by atoms with Crippen LogP contribution in [0.5, 0.6) is 0 Å². The number of carbonyl (C=O) groups is 1. The normalized spacial score (nSPS) is 11.2. The summed E-state index contributed by atoms with van der Waals surface area (Å²) in [4.78, 5) is 15.7. The molecule has 0 spiro atoms. The molecule has 4 N–H and O–H groups in total. The summed E-state index contributed by atoms with van der Waals surface area (Å²) in [6.07, 6.45) is 2.87. The molecule has 0 bridgehead atoms. The predicted molar refractivity (Wildman–Crippen MR) is 68.5 cm³/mol. The molecule has 18 heavy (non-hydrogen) atoms. The van der Waals surface area contributed by atoms with Crippen LogP contribution in [0.3, 0.4) is 0 Å². The van der Waals surface area contributed by atoms with E-state index in [9.17, 15) is 9.18 Å². The van der Waals surface area contributed by atoms with Gasteiger partial charge in [0.15, 0.2) is 11.6 Å². The van der Waals surface area contributed by atoms with E-state index >= 15 is 0 Å². The van der Waals surface area contributed by atoms with E-state index in [1.807, 2.05) is 20.8 Å². The number of nitrogens with one attached hydrogen (secondary N) is 2. The maximum atomic E-state index is 13.8. The van der Waals surface area contributed by atoms with Gasteiger partial charge in [-0.25, -0.2) is 15.2 Å². The highest BCUT2D eigenvalue weighted by molar-refractivity contribution is 5.95. The monoisotopic (exact) mass is 254 g/mol. The molecular weight excluding hydrogens is 235 g/mol. The molecule has 0 aliphatic heterocycles. The van der Waals surface area contributed by atoms with Gasteiger partial charge in [0.05, 0.1) is 5.56 Å². The molecule has 1 heterocycles. The summed E-state index contributed by atoms with van der Waals surface area (Å²) in [7, 11) is 0. The largest absolute Gasteiger partial charge is 0.347 e. The summed E-state index contributed by atoms with van der Waals surface area (Å²) in [5.41, 5.74) is 1.71. The topological polar surface area (TPSA) is 80.0 Å². The number of rotatable bonds is 5. The Kier molecular flexibility index (Phi) is 4.61. The number of aromatic nitrogens is 1. The van der Waals surface area contributed by atoms with Crippen LogP contribution in [0.15, 0.2) is 12.3 Å². The highest BCUT2D eigenvalue weighted by Gasteiger charge is 2.24. The molecule has 1 aromatic heterocycles. The van der Waals surface area contributed by atoms with E-state index in [-0.39, 0.29) is 16.9 Å². The number of nitrogens with zero attached hydrogens (tertiary/aromatic N) is 1. The molecule has 6 heteroatoms. The van der Waals surface area contributed by atoms with Crippen LogP contribution < -0.4 is 16.6 Å². The van der Waals surface area contributed by atoms with E-state index in [4.69, 9.17) is 5.84 Å².